The lowest BCUT2D eigenvalue weighted by Gasteiger charge is -2.33. The van der Waals surface area contributed by atoms with Crippen LogP contribution in [0.25, 0.3) is 10.9 Å². The summed E-state index contributed by atoms with van der Waals surface area (Å²) < 4.78 is 0. The van der Waals surface area contributed by atoms with Gasteiger partial charge in [0.05, 0.1) is 0 Å². The van der Waals surface area contributed by atoms with Crippen LogP contribution in [0.5, 0.6) is 0 Å². The Morgan fingerprint density at radius 3 is 2.89 bits per heavy atom. The maximum absolute atomic E-state index is 12.7. The maximum Gasteiger partial charge on any atom is 0.242 e. The quantitative estimate of drug-likeness (QED) is 0.612. The summed E-state index contributed by atoms with van der Waals surface area (Å²) in [5.41, 5.74) is 2.07. The van der Waals surface area contributed by atoms with Crippen LogP contribution in [0.1, 0.15) is 45.1 Å². The minimum atomic E-state index is -0.564. The molecule has 2 unspecified atom stereocenters. The molecule has 0 spiro atoms. The highest BCUT2D eigenvalue weighted by molar-refractivity contribution is 5.89. The van der Waals surface area contributed by atoms with E-state index in [2.05, 4.69) is 27.4 Å². The second kappa shape index (κ2) is 9.73. The molecule has 1 aliphatic heterocycles. The summed E-state index contributed by atoms with van der Waals surface area (Å²) in [6.45, 7) is 6.53. The number of hydrogen-bond acceptors (Lipinski definition) is 3. The van der Waals surface area contributed by atoms with E-state index in [4.69, 9.17) is 0 Å². The van der Waals surface area contributed by atoms with Gasteiger partial charge in [0.25, 0.3) is 0 Å². The molecule has 0 saturated carbocycles. The molecule has 0 radical (unpaired) electrons. The molecule has 28 heavy (non-hydrogen) atoms. The molecule has 1 aromatic heterocycles. The third kappa shape index (κ3) is 5.35. The fourth-order valence-corrected chi connectivity index (χ4v) is 4.08. The molecule has 2 amide bonds. The third-order valence-corrected chi connectivity index (χ3v) is 5.65. The molecule has 6 heteroatoms. The molecule has 1 fully saturated rings. The predicted octanol–water partition coefficient (Wildman–Crippen LogP) is 2.60. The molecule has 152 valence electrons. The summed E-state index contributed by atoms with van der Waals surface area (Å²) in [6.07, 6.45) is 7.17. The molecule has 3 rings (SSSR count). The zero-order chi connectivity index (χ0) is 19.9. The molecule has 3 N–H and O–H groups in total. The van der Waals surface area contributed by atoms with Crippen molar-refractivity contribution >= 4 is 22.7 Å². The Balaban J connectivity index is 1.53. The largest absolute Gasteiger partial charge is 0.361 e. The predicted molar refractivity (Wildman–Crippen MR) is 112 cm³/mol. The van der Waals surface area contributed by atoms with E-state index in [1.54, 1.807) is 0 Å². The van der Waals surface area contributed by atoms with Crippen molar-refractivity contribution < 1.29 is 9.59 Å². The van der Waals surface area contributed by atoms with E-state index >= 15 is 0 Å². The lowest BCUT2D eigenvalue weighted by Crippen LogP contribution is -2.48. The fourth-order valence-electron chi connectivity index (χ4n) is 4.08. The first kappa shape index (κ1) is 20.4. The van der Waals surface area contributed by atoms with Crippen molar-refractivity contribution in [2.75, 3.05) is 19.6 Å². The lowest BCUT2D eigenvalue weighted by atomic mass is 10.0. The van der Waals surface area contributed by atoms with E-state index in [1.165, 1.54) is 26.2 Å². The van der Waals surface area contributed by atoms with E-state index in [0.717, 1.165) is 36.0 Å². The molecule has 1 aliphatic rings. The maximum atomic E-state index is 12.7. The number of fused-ring (bicyclic) bond motifs is 1. The van der Waals surface area contributed by atoms with Crippen LogP contribution in [-0.2, 0) is 16.0 Å². The average Bonchev–Trinajstić information content (AvgIpc) is 3.08. The number of para-hydroxylation sites is 1. The molecule has 0 aliphatic carbocycles. The van der Waals surface area contributed by atoms with Crippen molar-refractivity contribution in [1.82, 2.24) is 20.5 Å². The van der Waals surface area contributed by atoms with Crippen molar-refractivity contribution in [3.63, 3.8) is 0 Å². The van der Waals surface area contributed by atoms with Crippen LogP contribution < -0.4 is 10.6 Å². The van der Waals surface area contributed by atoms with Gasteiger partial charge in [-0.1, -0.05) is 24.6 Å². The number of hydrogen-bond donors (Lipinski definition) is 3. The first-order chi connectivity index (χ1) is 13.5. The van der Waals surface area contributed by atoms with Crippen LogP contribution in [0.2, 0.25) is 0 Å². The van der Waals surface area contributed by atoms with Crippen molar-refractivity contribution in [2.24, 2.45) is 0 Å². The van der Waals surface area contributed by atoms with Crippen molar-refractivity contribution in [2.45, 2.75) is 58.0 Å². The number of carbonyl (C=O) groups excluding carboxylic acids is 2. The van der Waals surface area contributed by atoms with Gasteiger partial charge < -0.3 is 20.5 Å². The Bertz CT molecular complexity index is 801. The van der Waals surface area contributed by atoms with E-state index in [9.17, 15) is 9.59 Å². The summed E-state index contributed by atoms with van der Waals surface area (Å²) in [5, 5.41) is 6.90. The van der Waals surface area contributed by atoms with E-state index in [0.29, 0.717) is 19.0 Å². The van der Waals surface area contributed by atoms with Crippen LogP contribution >= 0.6 is 0 Å². The number of aromatic nitrogens is 1. The Morgan fingerprint density at radius 1 is 1.29 bits per heavy atom. The first-order valence-corrected chi connectivity index (χ1v) is 10.4. The number of H-pyrrole nitrogens is 1. The molecule has 2 aromatic rings. The summed E-state index contributed by atoms with van der Waals surface area (Å²) in [6, 6.07) is 8.07. The van der Waals surface area contributed by atoms with Crippen molar-refractivity contribution in [3.05, 3.63) is 36.0 Å². The fraction of sp³-hybridized carbons (Fsp3) is 0.545. The van der Waals surface area contributed by atoms with Gasteiger partial charge in [0.2, 0.25) is 11.8 Å². The van der Waals surface area contributed by atoms with Crippen LogP contribution in [0.3, 0.4) is 0 Å². The zero-order valence-corrected chi connectivity index (χ0v) is 17.0. The van der Waals surface area contributed by atoms with E-state index in [-0.39, 0.29) is 11.8 Å². The molecule has 0 bridgehead atoms. The van der Waals surface area contributed by atoms with Crippen LogP contribution in [0.15, 0.2) is 30.5 Å². The van der Waals surface area contributed by atoms with E-state index in [1.807, 2.05) is 30.5 Å². The molecule has 1 saturated heterocycles. The number of benzene rings is 1. The topological polar surface area (TPSA) is 77.2 Å². The number of aromatic amines is 1. The van der Waals surface area contributed by atoms with Gasteiger partial charge in [0.15, 0.2) is 0 Å². The number of nitrogens with one attached hydrogen (secondary N) is 3. The average molecular weight is 385 g/mol. The summed E-state index contributed by atoms with van der Waals surface area (Å²) in [7, 11) is 0. The number of rotatable bonds is 8. The highest BCUT2D eigenvalue weighted by atomic mass is 16.2. The number of carbonyl (C=O) groups is 2. The number of likely N-dealkylation sites (tertiary alicyclic amines) is 1. The second-order valence-corrected chi connectivity index (χ2v) is 7.84. The molecular weight excluding hydrogens is 352 g/mol. The molecule has 2 heterocycles. The van der Waals surface area contributed by atoms with Gasteiger partial charge in [-0.3, -0.25) is 9.59 Å². The standard InChI is InChI=1S/C22H32N4O2/c1-16-8-5-6-12-26(16)13-7-11-23-22(28)21(25-17(2)27)14-18-15-24-20-10-4-3-9-19(18)20/h3-4,9-10,15-16,21,24H,5-8,11-14H2,1-2H3,(H,23,28)(H,25,27). The lowest BCUT2D eigenvalue weighted by molar-refractivity contribution is -0.128. The van der Waals surface area contributed by atoms with Crippen LogP contribution in [0, 0.1) is 0 Å². The Hall–Kier alpha value is -2.34. The van der Waals surface area contributed by atoms with Gasteiger partial charge in [-0.25, -0.2) is 0 Å². The van der Waals surface area contributed by atoms with Gasteiger partial charge in [-0.2, -0.15) is 0 Å². The molecule has 2 atom stereocenters. The molecular formula is C22H32N4O2. The Kier molecular flexibility index (Phi) is 7.09. The summed E-state index contributed by atoms with van der Waals surface area (Å²) >= 11 is 0. The number of nitrogens with zero attached hydrogens (tertiary/aromatic N) is 1. The van der Waals surface area contributed by atoms with Gasteiger partial charge in [0.1, 0.15) is 6.04 Å². The summed E-state index contributed by atoms with van der Waals surface area (Å²) in [4.78, 5) is 30.1. The molecule has 1 aromatic carbocycles. The monoisotopic (exact) mass is 384 g/mol. The van der Waals surface area contributed by atoms with Gasteiger partial charge in [-0.05, 0) is 44.4 Å². The van der Waals surface area contributed by atoms with Crippen LogP contribution in [-0.4, -0.2) is 53.4 Å². The summed E-state index contributed by atoms with van der Waals surface area (Å²) in [5.74, 6) is -0.311. The first-order valence-electron chi connectivity index (χ1n) is 10.4. The normalized spacial score (nSPS) is 18.7. The van der Waals surface area contributed by atoms with Crippen LogP contribution in [0.4, 0.5) is 0 Å². The Morgan fingerprint density at radius 2 is 2.11 bits per heavy atom. The van der Waals surface area contributed by atoms with Crippen molar-refractivity contribution in [1.29, 1.82) is 0 Å². The van der Waals surface area contributed by atoms with Gasteiger partial charge in [0, 0.05) is 49.6 Å². The SMILES string of the molecule is CC(=O)NC(Cc1c[nH]c2ccccc12)C(=O)NCCCN1CCCCC1C. The van der Waals surface area contributed by atoms with E-state index < -0.39 is 6.04 Å². The number of amides is 2. The Labute approximate surface area is 167 Å². The minimum Gasteiger partial charge on any atom is -0.361 e. The molecule has 6 nitrogen and oxygen atoms in total. The second-order valence-electron chi connectivity index (χ2n) is 7.84. The highest BCUT2D eigenvalue weighted by Crippen LogP contribution is 2.19. The minimum absolute atomic E-state index is 0.118. The number of piperidine rings is 1. The highest BCUT2D eigenvalue weighted by Gasteiger charge is 2.22. The zero-order valence-electron chi connectivity index (χ0n) is 17.0. The van der Waals surface area contributed by atoms with Crippen molar-refractivity contribution in [3.8, 4) is 0 Å². The third-order valence-electron chi connectivity index (χ3n) is 5.65. The van der Waals surface area contributed by atoms with Gasteiger partial charge >= 0.3 is 0 Å². The van der Waals surface area contributed by atoms with Gasteiger partial charge in [-0.15, -0.1) is 0 Å². The smallest absolute Gasteiger partial charge is 0.242 e.